The summed E-state index contributed by atoms with van der Waals surface area (Å²) in [7, 11) is -5.31. The molecule has 39 heavy (non-hydrogen) atoms. The van der Waals surface area contributed by atoms with Gasteiger partial charge in [-0.25, -0.2) is 36.5 Å². The molecule has 0 aliphatic carbocycles. The van der Waals surface area contributed by atoms with Gasteiger partial charge >= 0.3 is 6.18 Å². The summed E-state index contributed by atoms with van der Waals surface area (Å²) in [6.07, 6.45) is -3.46. The van der Waals surface area contributed by atoms with Crippen molar-refractivity contribution in [1.82, 2.24) is 20.3 Å². The molecule has 1 aliphatic heterocycles. The number of pyridine rings is 1. The SMILES string of the molecule is O=S(=O)(CC(F)(F)F)Nc1c(F)cc(Oc2ncccc2-c2ccnc(N[C@@H]3CNC[C@@H](F)C3)n2)c(F)c1F. The van der Waals surface area contributed by atoms with E-state index in [0.717, 1.165) is 4.72 Å². The first kappa shape index (κ1) is 28.3. The molecule has 0 saturated carbocycles. The highest BCUT2D eigenvalue weighted by atomic mass is 32.2. The molecule has 3 N–H and O–H groups in total. The fraction of sp³-hybridized carbons (Fsp3) is 0.318. The van der Waals surface area contributed by atoms with Crippen molar-refractivity contribution in [3.05, 3.63) is 54.1 Å². The largest absolute Gasteiger partial charge is 0.435 e. The van der Waals surface area contributed by atoms with E-state index in [0.29, 0.717) is 6.54 Å². The van der Waals surface area contributed by atoms with Crippen LogP contribution in [0.15, 0.2) is 36.7 Å². The maximum absolute atomic E-state index is 14.7. The van der Waals surface area contributed by atoms with Gasteiger partial charge in [-0.15, -0.1) is 0 Å². The van der Waals surface area contributed by atoms with Gasteiger partial charge in [0.15, 0.2) is 23.1 Å². The summed E-state index contributed by atoms with van der Waals surface area (Å²) >= 11 is 0. The first-order valence-corrected chi connectivity index (χ1v) is 12.8. The van der Waals surface area contributed by atoms with Crippen LogP contribution in [0.3, 0.4) is 0 Å². The number of anilines is 2. The molecule has 4 rings (SSSR count). The number of rotatable bonds is 8. The van der Waals surface area contributed by atoms with E-state index in [2.05, 4.69) is 25.6 Å². The molecule has 2 aromatic heterocycles. The number of piperidine rings is 1. The zero-order valence-corrected chi connectivity index (χ0v) is 20.4. The Morgan fingerprint density at radius 2 is 1.85 bits per heavy atom. The van der Waals surface area contributed by atoms with E-state index in [1.54, 1.807) is 0 Å². The lowest BCUT2D eigenvalue weighted by Crippen LogP contribution is -2.44. The molecule has 0 spiro atoms. The third-order valence-corrected chi connectivity index (χ3v) is 6.50. The van der Waals surface area contributed by atoms with Crippen LogP contribution in [0.25, 0.3) is 11.3 Å². The lowest BCUT2D eigenvalue weighted by molar-refractivity contribution is -0.106. The van der Waals surface area contributed by atoms with E-state index >= 15 is 0 Å². The van der Waals surface area contributed by atoms with Gasteiger partial charge in [0.25, 0.3) is 0 Å². The highest BCUT2D eigenvalue weighted by Gasteiger charge is 2.36. The lowest BCUT2D eigenvalue weighted by Gasteiger charge is -2.26. The molecular weight excluding hydrogens is 561 g/mol. The summed E-state index contributed by atoms with van der Waals surface area (Å²) < 4.78 is 124. The highest BCUT2D eigenvalue weighted by molar-refractivity contribution is 7.92. The Labute approximate surface area is 216 Å². The standard InChI is InChI=1S/C22H19F7N6O3S/c23-11-6-12(9-30-8-11)33-21-32-5-3-15(34-21)13-2-1-4-31-20(13)38-16-7-14(24)19(18(26)17(16)25)35-39(36,37)10-22(27,28)29/h1-5,7,11-12,30,35H,6,8-10H2,(H,32,33,34)/t11-,12-/m0/s1. The number of aromatic nitrogens is 3. The second-order valence-electron chi connectivity index (χ2n) is 8.39. The molecule has 0 amide bonds. The molecule has 9 nitrogen and oxygen atoms in total. The fourth-order valence-corrected chi connectivity index (χ4v) is 4.68. The van der Waals surface area contributed by atoms with Gasteiger partial charge in [-0.1, -0.05) is 0 Å². The van der Waals surface area contributed by atoms with Crippen molar-refractivity contribution in [3.8, 4) is 22.9 Å². The molecule has 17 heteroatoms. The number of hydrogen-bond donors (Lipinski definition) is 3. The van der Waals surface area contributed by atoms with Crippen molar-refractivity contribution >= 4 is 21.7 Å². The van der Waals surface area contributed by atoms with Crippen LogP contribution >= 0.6 is 0 Å². The van der Waals surface area contributed by atoms with Crippen molar-refractivity contribution in [1.29, 1.82) is 0 Å². The van der Waals surface area contributed by atoms with Crippen LogP contribution in [0.1, 0.15) is 6.42 Å². The van der Waals surface area contributed by atoms with Gasteiger partial charge in [-0.05, 0) is 18.2 Å². The number of alkyl halides is 4. The minimum Gasteiger partial charge on any atom is -0.435 e. The van der Waals surface area contributed by atoms with Crippen LogP contribution in [0.5, 0.6) is 11.6 Å². The fourth-order valence-electron chi connectivity index (χ4n) is 3.68. The maximum Gasteiger partial charge on any atom is 0.404 e. The van der Waals surface area contributed by atoms with E-state index in [4.69, 9.17) is 4.74 Å². The monoisotopic (exact) mass is 580 g/mol. The van der Waals surface area contributed by atoms with Crippen LogP contribution < -0.4 is 20.1 Å². The number of sulfonamides is 1. The molecule has 2 atom stereocenters. The Hall–Kier alpha value is -3.73. The zero-order chi connectivity index (χ0) is 28.4. The average molecular weight is 580 g/mol. The number of nitrogens with one attached hydrogen (secondary N) is 3. The molecule has 1 fully saturated rings. The van der Waals surface area contributed by atoms with Crippen LogP contribution in [-0.4, -0.2) is 60.6 Å². The Kier molecular flexibility index (Phi) is 8.10. The summed E-state index contributed by atoms with van der Waals surface area (Å²) in [5, 5.41) is 5.90. The summed E-state index contributed by atoms with van der Waals surface area (Å²) in [6.45, 7) is 0.696. The first-order chi connectivity index (χ1) is 18.3. The second-order valence-corrected chi connectivity index (χ2v) is 10.1. The number of ether oxygens (including phenoxy) is 1. The first-order valence-electron chi connectivity index (χ1n) is 11.1. The quantitative estimate of drug-likeness (QED) is 0.269. The van der Waals surface area contributed by atoms with E-state index in [-0.39, 0.29) is 48.2 Å². The van der Waals surface area contributed by atoms with Gasteiger partial charge in [0.1, 0.15) is 11.9 Å². The van der Waals surface area contributed by atoms with Crippen molar-refractivity contribution in [2.45, 2.75) is 24.8 Å². The van der Waals surface area contributed by atoms with E-state index in [9.17, 15) is 39.2 Å². The maximum atomic E-state index is 14.7. The van der Waals surface area contributed by atoms with Crippen LogP contribution in [-0.2, 0) is 10.0 Å². The molecule has 1 aromatic carbocycles. The Morgan fingerprint density at radius 3 is 2.56 bits per heavy atom. The van der Waals surface area contributed by atoms with Gasteiger partial charge in [0, 0.05) is 44.0 Å². The molecule has 0 unspecified atom stereocenters. The van der Waals surface area contributed by atoms with Crippen LogP contribution in [0.2, 0.25) is 0 Å². The zero-order valence-electron chi connectivity index (χ0n) is 19.6. The molecule has 0 bridgehead atoms. The second kappa shape index (κ2) is 11.2. The predicted octanol–water partition coefficient (Wildman–Crippen LogP) is 4.16. The third kappa shape index (κ3) is 7.23. The summed E-state index contributed by atoms with van der Waals surface area (Å²) in [5.74, 6) is -9.53. The summed E-state index contributed by atoms with van der Waals surface area (Å²) in [4.78, 5) is 12.3. The predicted molar refractivity (Wildman–Crippen MR) is 125 cm³/mol. The van der Waals surface area contributed by atoms with Crippen LogP contribution in [0.4, 0.5) is 42.4 Å². The third-order valence-electron chi connectivity index (χ3n) is 5.28. The van der Waals surface area contributed by atoms with Crippen molar-refractivity contribution in [2.75, 3.05) is 28.9 Å². The molecule has 0 radical (unpaired) electrons. The highest BCUT2D eigenvalue weighted by Crippen LogP contribution is 2.36. The lowest BCUT2D eigenvalue weighted by atomic mass is 10.1. The molecule has 1 aliphatic rings. The number of nitrogens with zero attached hydrogens (tertiary/aromatic N) is 3. The molecule has 1 saturated heterocycles. The van der Waals surface area contributed by atoms with Crippen molar-refractivity contribution in [2.24, 2.45) is 0 Å². The molecule has 3 heterocycles. The molecule has 3 aromatic rings. The van der Waals surface area contributed by atoms with Gasteiger partial charge < -0.3 is 15.4 Å². The normalized spacial score (nSPS) is 18.0. The number of hydrogen-bond acceptors (Lipinski definition) is 8. The van der Waals surface area contributed by atoms with E-state index < -0.39 is 57.0 Å². The summed E-state index contributed by atoms with van der Waals surface area (Å²) in [6, 6.07) is 4.28. The molecule has 210 valence electrons. The Bertz CT molecular complexity index is 1460. The van der Waals surface area contributed by atoms with Crippen molar-refractivity contribution in [3.63, 3.8) is 0 Å². The van der Waals surface area contributed by atoms with Crippen LogP contribution in [0, 0.1) is 17.5 Å². The minimum atomic E-state index is -5.31. The van der Waals surface area contributed by atoms with Gasteiger partial charge in [0.05, 0.1) is 11.3 Å². The van der Waals surface area contributed by atoms with Crippen molar-refractivity contribution < 1.29 is 43.9 Å². The summed E-state index contributed by atoms with van der Waals surface area (Å²) in [5.41, 5.74) is -1.33. The van der Waals surface area contributed by atoms with E-state index in [1.807, 2.05) is 0 Å². The number of halogens is 7. The van der Waals surface area contributed by atoms with Gasteiger partial charge in [-0.2, -0.15) is 17.6 Å². The average Bonchev–Trinajstić information content (AvgIpc) is 2.84. The molecular formula is C22H19F7N6O3S. The van der Waals surface area contributed by atoms with Gasteiger partial charge in [0.2, 0.25) is 27.7 Å². The number of benzene rings is 1. The smallest absolute Gasteiger partial charge is 0.404 e. The Balaban J connectivity index is 1.60. The van der Waals surface area contributed by atoms with E-state index in [1.165, 1.54) is 30.6 Å². The minimum absolute atomic E-state index is 0.127. The Morgan fingerprint density at radius 1 is 1.08 bits per heavy atom. The van der Waals surface area contributed by atoms with Gasteiger partial charge in [-0.3, -0.25) is 4.72 Å². The topological polar surface area (TPSA) is 118 Å².